The molecule has 0 amide bonds. The zero-order valence-corrected chi connectivity index (χ0v) is 58.5. The first-order valence-corrected chi connectivity index (χ1v) is 34.9. The highest BCUT2D eigenvalue weighted by Gasteiger charge is 2.21. The van der Waals surface area contributed by atoms with E-state index in [0.717, 1.165) is 56.5 Å². The molecule has 0 saturated carbocycles. The number of thiophene rings is 1. The summed E-state index contributed by atoms with van der Waals surface area (Å²) < 4.78 is 83.4. The van der Waals surface area contributed by atoms with Gasteiger partial charge in [-0.1, -0.05) is 127 Å². The van der Waals surface area contributed by atoms with Gasteiger partial charge in [0, 0.05) is 91.5 Å². The van der Waals surface area contributed by atoms with Gasteiger partial charge in [0.05, 0.1) is 84.8 Å². The monoisotopic (exact) mass is 1450 g/mol. The molecule has 0 spiro atoms. The van der Waals surface area contributed by atoms with Crippen molar-refractivity contribution in [2.24, 2.45) is 0 Å². The quantitative estimate of drug-likeness (QED) is 0.0788. The number of rotatable bonds is 17. The maximum Gasteiger partial charge on any atom is 0.213 e. The summed E-state index contributed by atoms with van der Waals surface area (Å²) >= 11 is 1.70. The van der Waals surface area contributed by atoms with Crippen molar-refractivity contribution in [3.8, 4) is 103 Å². The molecule has 0 radical (unpaired) electrons. The lowest BCUT2D eigenvalue weighted by molar-refractivity contribution is 0.398. The van der Waals surface area contributed by atoms with Crippen molar-refractivity contribution in [1.82, 2.24) is 69.0 Å². The van der Waals surface area contributed by atoms with Gasteiger partial charge in [-0.15, -0.1) is 11.3 Å². The molecule has 528 valence electrons. The maximum atomic E-state index is 14.3. The number of hydrogen-bond acceptors (Lipinski definition) is 13. The van der Waals surface area contributed by atoms with Gasteiger partial charge in [0.15, 0.2) is 5.82 Å². The molecule has 10 aromatic heterocycles. The van der Waals surface area contributed by atoms with Crippen LogP contribution in [0.25, 0.3) is 101 Å². The predicted molar refractivity (Wildman–Crippen MR) is 408 cm³/mol. The fourth-order valence-electron chi connectivity index (χ4n) is 11.9. The predicted octanol–water partition coefficient (Wildman–Crippen LogP) is 19.2. The number of nitrogens with zero attached hydrogens (tertiary/aromatic N) is 15. The van der Waals surface area contributed by atoms with Gasteiger partial charge in [-0.05, 0) is 140 Å². The average Bonchev–Trinajstić information content (AvgIpc) is 1.62. The molecule has 16 nitrogen and oxygen atoms in total. The minimum Gasteiger partial charge on any atom is -0.481 e. The van der Waals surface area contributed by atoms with Crippen molar-refractivity contribution in [3.05, 3.63) is 366 Å². The second-order valence-corrected chi connectivity index (χ2v) is 25.2. The lowest BCUT2D eigenvalue weighted by Crippen LogP contribution is -2.07. The number of ether oxygens (including phenoxy) is 1. The average molecular weight is 1450 g/mol. The highest BCUT2D eigenvalue weighted by atomic mass is 32.1. The smallest absolute Gasteiger partial charge is 0.213 e. The Kier molecular flexibility index (Phi) is 22.1. The molecule has 0 bridgehead atoms. The number of halogens is 5. The summed E-state index contributed by atoms with van der Waals surface area (Å²) in [6.45, 7) is 1.17. The summed E-state index contributed by atoms with van der Waals surface area (Å²) in [4.78, 5) is 26.1. The molecule has 17 rings (SSSR count). The molecule has 7 aromatic carbocycles. The number of fused-ring (bicyclic) bond motifs is 1. The van der Waals surface area contributed by atoms with Crippen LogP contribution in [0, 0.1) is 40.4 Å². The summed E-state index contributed by atoms with van der Waals surface area (Å²) in [6, 6.07) is 82.5. The third-order valence-corrected chi connectivity index (χ3v) is 18.2. The van der Waals surface area contributed by atoms with E-state index in [1.54, 1.807) is 167 Å². The van der Waals surface area contributed by atoms with Crippen LogP contribution in [0.15, 0.2) is 309 Å². The Morgan fingerprint density at radius 2 is 0.769 bits per heavy atom. The van der Waals surface area contributed by atoms with Crippen LogP contribution >= 0.6 is 11.3 Å². The summed E-state index contributed by atoms with van der Waals surface area (Å²) in [5.74, 6) is -0.368. The number of pyridine rings is 4. The molecule has 0 atom stereocenters. The lowest BCUT2D eigenvalue weighted by Gasteiger charge is -2.09. The van der Waals surface area contributed by atoms with E-state index in [9.17, 15) is 27.2 Å². The highest BCUT2D eigenvalue weighted by Crippen LogP contribution is 2.37. The minimum absolute atomic E-state index is 0.224. The summed E-state index contributed by atoms with van der Waals surface area (Å²) in [5.41, 5.74) is 14.5. The van der Waals surface area contributed by atoms with Gasteiger partial charge in [0.2, 0.25) is 5.88 Å². The second-order valence-electron chi connectivity index (χ2n) is 24.3. The van der Waals surface area contributed by atoms with Crippen LogP contribution in [0.1, 0.15) is 27.8 Å². The Hall–Kier alpha value is -14.0. The van der Waals surface area contributed by atoms with E-state index >= 15 is 0 Å². The van der Waals surface area contributed by atoms with Crippen LogP contribution in [-0.2, 0) is 26.2 Å². The molecule has 10 heterocycles. The molecule has 0 aliphatic heterocycles. The van der Waals surface area contributed by atoms with E-state index in [0.29, 0.717) is 74.5 Å². The Balaban J connectivity index is 0.000000121. The second kappa shape index (κ2) is 33.6. The van der Waals surface area contributed by atoms with Gasteiger partial charge in [-0.25, -0.2) is 36.9 Å². The molecule has 0 N–H and O–H groups in total. The Labute approximate surface area is 621 Å². The number of nitriles is 1. The maximum absolute atomic E-state index is 14.3. The molecular formula is C86H62F5N15OS. The standard InChI is InChI=1S/C23H16FN3S.C22H15FN4.C21H15F2N3.C20H16FN5O/c24-19-9-3-1-7-16(19)14-27-22(13-21(26-27)20-10-5-6-12-25-20)18-15-28-23-11-4-2-8-17(18)23;23-19-9-2-1-7-18(19)15-27-22(17-8-5-6-16(12-17)14-24)13-21(26-27)20-10-3-4-11-25-20;22-17-10-8-15(9-11-17)21-13-20(19-7-3-4-12-24-19)25-26(21)14-16-5-1-2-6-18(16)23;1-27-19-9-4-8-16(24-19)17-12-18(20-22-10-5-11-23-20)26(25-17)13-14-6-2-3-7-15(14)21/h1-13,15H,14H2;1-13H,15H2;1-13H,14H2;2-12H,13H2,1H3. The zero-order chi connectivity index (χ0) is 74.1. The van der Waals surface area contributed by atoms with Crippen molar-refractivity contribution < 1.29 is 26.7 Å². The number of hydrogen-bond donors (Lipinski definition) is 0. The summed E-state index contributed by atoms with van der Waals surface area (Å²) in [5, 5.41) is 31.2. The van der Waals surface area contributed by atoms with Gasteiger partial charge in [-0.3, -0.25) is 33.7 Å². The molecule has 0 unspecified atom stereocenters. The lowest BCUT2D eigenvalue weighted by atomic mass is 10.1. The molecule has 22 heteroatoms. The van der Waals surface area contributed by atoms with Crippen molar-refractivity contribution in [1.29, 1.82) is 5.26 Å². The van der Waals surface area contributed by atoms with Gasteiger partial charge >= 0.3 is 0 Å². The molecule has 0 aliphatic carbocycles. The van der Waals surface area contributed by atoms with E-state index in [2.05, 4.69) is 68.8 Å². The fraction of sp³-hybridized carbons (Fsp3) is 0.0581. The zero-order valence-electron chi connectivity index (χ0n) is 57.7. The molecule has 17 aromatic rings. The van der Waals surface area contributed by atoms with Crippen LogP contribution in [0.2, 0.25) is 0 Å². The van der Waals surface area contributed by atoms with Gasteiger partial charge in [-0.2, -0.15) is 25.7 Å². The van der Waals surface area contributed by atoms with Crippen molar-refractivity contribution >= 4 is 21.4 Å². The Bertz CT molecular complexity index is 5930. The van der Waals surface area contributed by atoms with Crippen molar-refractivity contribution in [2.45, 2.75) is 26.2 Å². The molecule has 0 aliphatic rings. The van der Waals surface area contributed by atoms with Gasteiger partial charge in [0.25, 0.3) is 0 Å². The highest BCUT2D eigenvalue weighted by molar-refractivity contribution is 7.17. The number of aromatic nitrogens is 14. The van der Waals surface area contributed by atoms with E-state index in [-0.39, 0.29) is 48.7 Å². The van der Waals surface area contributed by atoms with Crippen molar-refractivity contribution in [2.75, 3.05) is 7.11 Å². The van der Waals surface area contributed by atoms with Gasteiger partial charge in [0.1, 0.15) is 57.6 Å². The van der Waals surface area contributed by atoms with Crippen LogP contribution < -0.4 is 4.74 Å². The van der Waals surface area contributed by atoms with E-state index in [4.69, 9.17) is 9.84 Å². The van der Waals surface area contributed by atoms with E-state index in [1.807, 2.05) is 126 Å². The fourth-order valence-corrected chi connectivity index (χ4v) is 12.8. The first-order valence-electron chi connectivity index (χ1n) is 34.0. The Morgan fingerprint density at radius 3 is 1.25 bits per heavy atom. The molecule has 0 fully saturated rings. The molecule has 108 heavy (non-hydrogen) atoms. The van der Waals surface area contributed by atoms with Crippen LogP contribution in [0.3, 0.4) is 0 Å². The van der Waals surface area contributed by atoms with Crippen molar-refractivity contribution in [3.63, 3.8) is 0 Å². The third kappa shape index (κ3) is 16.9. The minimum atomic E-state index is -0.307. The Morgan fingerprint density at radius 1 is 0.361 bits per heavy atom. The van der Waals surface area contributed by atoms with E-state index < -0.39 is 0 Å². The SMILES string of the molecule is COc1cccc(-c2cc(-c3ncccn3)n(Cc3ccccc3F)n2)n1.Fc1ccc(-c2cc(-c3ccccn3)nn2Cc2ccccc2F)cc1.Fc1ccccc1Cn1nc(-c2ccccn2)cc1-c1csc2ccccc12.N#Cc1cccc(-c2cc(-c3ccccn3)nn2Cc2ccccc2F)c1. The topological polar surface area (TPSA) is 182 Å². The normalized spacial score (nSPS) is 10.8. The first kappa shape index (κ1) is 71.0. The molecule has 0 saturated heterocycles. The largest absolute Gasteiger partial charge is 0.481 e. The first-order chi connectivity index (χ1) is 53.0. The summed E-state index contributed by atoms with van der Waals surface area (Å²) in [6.07, 6.45) is 8.48. The third-order valence-electron chi connectivity index (χ3n) is 17.2. The number of methoxy groups -OCH3 is 1. The van der Waals surface area contributed by atoms with Crippen LogP contribution in [-0.4, -0.2) is 76.1 Å². The number of benzene rings is 7. The van der Waals surface area contributed by atoms with Crippen LogP contribution in [0.4, 0.5) is 22.0 Å². The van der Waals surface area contributed by atoms with E-state index in [1.165, 1.54) is 46.5 Å². The van der Waals surface area contributed by atoms with Gasteiger partial charge < -0.3 is 4.74 Å². The van der Waals surface area contributed by atoms with Crippen LogP contribution in [0.5, 0.6) is 5.88 Å². The summed E-state index contributed by atoms with van der Waals surface area (Å²) in [7, 11) is 1.56. The molecular weight excluding hydrogens is 1390 g/mol.